The molecule has 0 spiro atoms. The van der Waals surface area contributed by atoms with Crippen LogP contribution in [0.1, 0.15) is 11.6 Å². The number of phenols is 1. The minimum Gasteiger partial charge on any atom is -0.508 e. The molecule has 0 unspecified atom stereocenters. The molecule has 0 aliphatic carbocycles. The van der Waals surface area contributed by atoms with Crippen molar-refractivity contribution in [3.8, 4) is 5.75 Å². The fourth-order valence-corrected chi connectivity index (χ4v) is 3.02. The van der Waals surface area contributed by atoms with Crippen molar-refractivity contribution >= 4 is 23.2 Å². The zero-order chi connectivity index (χ0) is 13.9. The van der Waals surface area contributed by atoms with Gasteiger partial charge in [-0.15, -0.1) is 12.4 Å². The van der Waals surface area contributed by atoms with Crippen LogP contribution in [0.5, 0.6) is 5.75 Å². The smallest absolute Gasteiger partial charge is 0.121 e. The highest BCUT2D eigenvalue weighted by Gasteiger charge is 2.25. The Morgan fingerprint density at radius 1 is 1.10 bits per heavy atom. The Bertz CT molecular complexity index is 600. The van der Waals surface area contributed by atoms with E-state index in [1.54, 1.807) is 6.07 Å². The molecule has 0 amide bonds. The van der Waals surface area contributed by atoms with E-state index >= 15 is 0 Å². The molecule has 1 fully saturated rings. The molecule has 114 valence electrons. The van der Waals surface area contributed by atoms with Crippen LogP contribution in [0.25, 0.3) is 10.8 Å². The summed E-state index contributed by atoms with van der Waals surface area (Å²) in [5.41, 5.74) is 0.840. The number of rotatable bonds is 3. The lowest BCUT2D eigenvalue weighted by Crippen LogP contribution is -2.46. The largest absolute Gasteiger partial charge is 0.508 e. The third-order valence-electron chi connectivity index (χ3n) is 4.05. The number of aliphatic hydroxyl groups is 1. The predicted octanol–water partition coefficient (Wildman–Crippen LogP) is 1.91. The van der Waals surface area contributed by atoms with Gasteiger partial charge in [-0.1, -0.05) is 30.3 Å². The van der Waals surface area contributed by atoms with Gasteiger partial charge in [0.1, 0.15) is 5.75 Å². The molecule has 4 nitrogen and oxygen atoms in total. The second kappa shape index (κ2) is 7.09. The minimum atomic E-state index is -0.150. The lowest BCUT2D eigenvalue weighted by Gasteiger charge is -2.34. The number of aromatic hydroxyl groups is 1. The maximum Gasteiger partial charge on any atom is 0.121 e. The van der Waals surface area contributed by atoms with Gasteiger partial charge in [0.15, 0.2) is 0 Å². The molecule has 1 heterocycles. The van der Waals surface area contributed by atoms with E-state index in [1.807, 2.05) is 30.3 Å². The Hall–Kier alpha value is -1.33. The lowest BCUT2D eigenvalue weighted by atomic mass is 9.96. The summed E-state index contributed by atoms with van der Waals surface area (Å²) in [4.78, 5) is 2.23. The molecular weight excluding hydrogens is 288 g/mol. The summed E-state index contributed by atoms with van der Waals surface area (Å²) in [6.45, 7) is 3.62. The highest BCUT2D eigenvalue weighted by Crippen LogP contribution is 2.35. The third-order valence-corrected chi connectivity index (χ3v) is 4.05. The Kier molecular flexibility index (Phi) is 5.42. The maximum absolute atomic E-state index is 10.3. The summed E-state index contributed by atoms with van der Waals surface area (Å²) in [6, 6.07) is 11.5. The number of hydrogen-bond acceptors (Lipinski definition) is 4. The summed E-state index contributed by atoms with van der Waals surface area (Å²) < 4.78 is 0. The first-order valence-corrected chi connectivity index (χ1v) is 7.07. The molecule has 5 heteroatoms. The Labute approximate surface area is 130 Å². The van der Waals surface area contributed by atoms with E-state index in [9.17, 15) is 10.2 Å². The van der Waals surface area contributed by atoms with Crippen LogP contribution in [0, 0.1) is 0 Å². The zero-order valence-electron chi connectivity index (χ0n) is 11.8. The first-order valence-electron chi connectivity index (χ1n) is 7.07. The number of hydrogen-bond donors (Lipinski definition) is 3. The van der Waals surface area contributed by atoms with Gasteiger partial charge in [-0.3, -0.25) is 4.90 Å². The number of fused-ring (bicyclic) bond motifs is 1. The minimum absolute atomic E-state index is 0. The molecule has 21 heavy (non-hydrogen) atoms. The second-order valence-electron chi connectivity index (χ2n) is 5.20. The molecule has 0 aromatic heterocycles. The normalized spacial score (nSPS) is 17.4. The molecule has 2 aromatic rings. The number of halogens is 1. The van der Waals surface area contributed by atoms with E-state index in [4.69, 9.17) is 0 Å². The van der Waals surface area contributed by atoms with Gasteiger partial charge >= 0.3 is 0 Å². The molecule has 1 aliphatic heterocycles. The van der Waals surface area contributed by atoms with Gasteiger partial charge in [-0.05, 0) is 16.8 Å². The average Bonchev–Trinajstić information content (AvgIpc) is 2.51. The van der Waals surface area contributed by atoms with E-state index in [2.05, 4.69) is 10.2 Å². The van der Waals surface area contributed by atoms with Gasteiger partial charge in [-0.25, -0.2) is 0 Å². The molecule has 0 saturated carbocycles. The summed E-state index contributed by atoms with van der Waals surface area (Å²) in [5.74, 6) is 0.265. The number of phenolic OH excluding ortho intramolecular Hbond substituents is 1. The number of nitrogens with one attached hydrogen (secondary N) is 1. The summed E-state index contributed by atoms with van der Waals surface area (Å²) in [6.07, 6.45) is 0. The van der Waals surface area contributed by atoms with Gasteiger partial charge in [0.05, 0.1) is 12.6 Å². The highest BCUT2D eigenvalue weighted by molar-refractivity contribution is 5.88. The number of nitrogens with zero attached hydrogens (tertiary/aromatic N) is 1. The standard InChI is InChI=1S/C16H20N2O2.ClH/c19-11-14(18-9-7-17-8-10-18)16-13-4-2-1-3-12(13)5-6-15(16)20;/h1-6,14,17,19-20H,7-11H2;1H/t14-;/m1./s1. The van der Waals surface area contributed by atoms with Crippen molar-refractivity contribution in [1.82, 2.24) is 10.2 Å². The number of benzene rings is 2. The Morgan fingerprint density at radius 2 is 1.81 bits per heavy atom. The first-order chi connectivity index (χ1) is 9.81. The molecule has 3 rings (SSSR count). The van der Waals surface area contributed by atoms with E-state index in [1.165, 1.54) is 0 Å². The van der Waals surface area contributed by atoms with Crippen LogP contribution >= 0.6 is 12.4 Å². The van der Waals surface area contributed by atoms with Crippen molar-refractivity contribution in [3.05, 3.63) is 42.0 Å². The van der Waals surface area contributed by atoms with Crippen LogP contribution in [0.2, 0.25) is 0 Å². The fourth-order valence-electron chi connectivity index (χ4n) is 3.02. The van der Waals surface area contributed by atoms with Crippen LogP contribution in [-0.2, 0) is 0 Å². The summed E-state index contributed by atoms with van der Waals surface area (Å²) in [5, 5.41) is 25.6. The van der Waals surface area contributed by atoms with Gasteiger partial charge in [0.25, 0.3) is 0 Å². The topological polar surface area (TPSA) is 55.7 Å². The average molecular weight is 309 g/mol. The van der Waals surface area contributed by atoms with Crippen LogP contribution in [-0.4, -0.2) is 47.9 Å². The van der Waals surface area contributed by atoms with Gasteiger partial charge in [0, 0.05) is 31.7 Å². The van der Waals surface area contributed by atoms with Crippen molar-refractivity contribution in [3.63, 3.8) is 0 Å². The third kappa shape index (κ3) is 3.14. The van der Waals surface area contributed by atoms with Crippen molar-refractivity contribution in [2.45, 2.75) is 6.04 Å². The molecule has 2 aromatic carbocycles. The highest BCUT2D eigenvalue weighted by atomic mass is 35.5. The van der Waals surface area contributed by atoms with E-state index < -0.39 is 0 Å². The van der Waals surface area contributed by atoms with Crippen molar-refractivity contribution in [2.24, 2.45) is 0 Å². The van der Waals surface area contributed by atoms with E-state index in [0.717, 1.165) is 42.5 Å². The van der Waals surface area contributed by atoms with Crippen molar-refractivity contribution < 1.29 is 10.2 Å². The lowest BCUT2D eigenvalue weighted by molar-refractivity contribution is 0.110. The molecule has 3 N–H and O–H groups in total. The van der Waals surface area contributed by atoms with Crippen LogP contribution in [0.4, 0.5) is 0 Å². The van der Waals surface area contributed by atoms with Gasteiger partial charge in [-0.2, -0.15) is 0 Å². The quantitative estimate of drug-likeness (QED) is 0.811. The zero-order valence-corrected chi connectivity index (χ0v) is 12.6. The molecule has 1 atom stereocenters. The van der Waals surface area contributed by atoms with Gasteiger partial charge < -0.3 is 15.5 Å². The molecule has 0 bridgehead atoms. The number of aliphatic hydroxyl groups excluding tert-OH is 1. The first kappa shape index (κ1) is 16.0. The van der Waals surface area contributed by atoms with E-state index in [-0.39, 0.29) is 30.8 Å². The van der Waals surface area contributed by atoms with Crippen LogP contribution < -0.4 is 5.32 Å². The SMILES string of the molecule is Cl.OC[C@H](c1c(O)ccc2ccccc12)N1CCNCC1. The predicted molar refractivity (Wildman–Crippen MR) is 87.1 cm³/mol. The van der Waals surface area contributed by atoms with Gasteiger partial charge in [0.2, 0.25) is 0 Å². The van der Waals surface area contributed by atoms with Crippen LogP contribution in [0.3, 0.4) is 0 Å². The maximum atomic E-state index is 10.3. The van der Waals surface area contributed by atoms with Crippen molar-refractivity contribution in [2.75, 3.05) is 32.8 Å². The number of piperazine rings is 1. The Balaban J connectivity index is 0.00000161. The molecule has 1 saturated heterocycles. The fraction of sp³-hybridized carbons (Fsp3) is 0.375. The van der Waals surface area contributed by atoms with Crippen molar-refractivity contribution in [1.29, 1.82) is 0 Å². The summed E-state index contributed by atoms with van der Waals surface area (Å²) >= 11 is 0. The second-order valence-corrected chi connectivity index (χ2v) is 5.20. The molecule has 1 aliphatic rings. The molecule has 0 radical (unpaired) electrons. The van der Waals surface area contributed by atoms with Crippen LogP contribution in [0.15, 0.2) is 36.4 Å². The van der Waals surface area contributed by atoms with E-state index in [0.29, 0.717) is 0 Å². The Morgan fingerprint density at radius 3 is 2.52 bits per heavy atom. The monoisotopic (exact) mass is 308 g/mol. The summed E-state index contributed by atoms with van der Waals surface area (Å²) in [7, 11) is 0. The molecular formula is C16H21ClN2O2.